The molecule has 27 heavy (non-hydrogen) atoms. The monoisotopic (exact) mass is 378 g/mol. The molecule has 0 aliphatic carbocycles. The highest BCUT2D eigenvalue weighted by molar-refractivity contribution is 6.36. The number of hydrogen-bond acceptors (Lipinski definition) is 3. The molecule has 0 saturated heterocycles. The zero-order valence-electron chi connectivity index (χ0n) is 13.9. The van der Waals surface area contributed by atoms with E-state index in [0.29, 0.717) is 32.9 Å². The smallest absolute Gasteiger partial charge is 0.268 e. The summed E-state index contributed by atoms with van der Waals surface area (Å²) in [6.07, 6.45) is 1.70. The molecule has 0 saturated carbocycles. The first-order valence-corrected chi connectivity index (χ1v) is 8.73. The van der Waals surface area contributed by atoms with Crippen LogP contribution in [0.5, 0.6) is 5.75 Å². The van der Waals surface area contributed by atoms with Crippen LogP contribution in [0.15, 0.2) is 60.8 Å². The van der Waals surface area contributed by atoms with Crippen LogP contribution in [0.25, 0.3) is 22.3 Å². The van der Waals surface area contributed by atoms with Crippen molar-refractivity contribution in [3.05, 3.63) is 82.8 Å². The molecular formula is C21H12ClFN2O2. The molecule has 3 heterocycles. The Hall–Kier alpha value is -3.18. The number of fused-ring (bicyclic) bond motifs is 4. The van der Waals surface area contributed by atoms with Crippen molar-refractivity contribution in [2.75, 3.05) is 0 Å². The molecule has 4 aromatic rings. The van der Waals surface area contributed by atoms with Crippen molar-refractivity contribution in [1.82, 2.24) is 9.55 Å². The zero-order valence-corrected chi connectivity index (χ0v) is 14.7. The molecule has 1 aliphatic rings. The summed E-state index contributed by atoms with van der Waals surface area (Å²) in [4.78, 5) is 17.6. The van der Waals surface area contributed by atoms with Crippen LogP contribution >= 0.6 is 11.6 Å². The van der Waals surface area contributed by atoms with Crippen molar-refractivity contribution >= 4 is 28.4 Å². The Morgan fingerprint density at radius 2 is 1.89 bits per heavy atom. The summed E-state index contributed by atoms with van der Waals surface area (Å²) >= 11 is 6.41. The summed E-state index contributed by atoms with van der Waals surface area (Å²) in [7, 11) is 0. The van der Waals surface area contributed by atoms with E-state index in [1.165, 1.54) is 12.1 Å². The first-order valence-electron chi connectivity index (χ1n) is 8.35. The third kappa shape index (κ3) is 2.43. The van der Waals surface area contributed by atoms with E-state index in [0.717, 1.165) is 11.3 Å². The maximum absolute atomic E-state index is 13.1. The van der Waals surface area contributed by atoms with E-state index in [-0.39, 0.29) is 18.3 Å². The van der Waals surface area contributed by atoms with E-state index in [1.807, 2.05) is 18.2 Å². The van der Waals surface area contributed by atoms with Crippen molar-refractivity contribution < 1.29 is 13.9 Å². The lowest BCUT2D eigenvalue weighted by Crippen LogP contribution is -2.08. The van der Waals surface area contributed by atoms with Gasteiger partial charge in [0, 0.05) is 6.20 Å². The number of hydrogen-bond donors (Lipinski definition) is 0. The van der Waals surface area contributed by atoms with E-state index in [9.17, 15) is 9.18 Å². The lowest BCUT2D eigenvalue weighted by Gasteiger charge is -2.14. The number of rotatable bonds is 3. The molecule has 0 bridgehead atoms. The van der Waals surface area contributed by atoms with Gasteiger partial charge in [-0.05, 0) is 42.0 Å². The molecule has 5 rings (SSSR count). The number of halogens is 2. The second-order valence-corrected chi connectivity index (χ2v) is 6.69. The summed E-state index contributed by atoms with van der Waals surface area (Å²) in [5, 5.41) is 1.06. The molecule has 0 N–H and O–H groups in total. The van der Waals surface area contributed by atoms with Gasteiger partial charge in [-0.15, -0.1) is 0 Å². The number of ether oxygens (including phenoxy) is 1. The van der Waals surface area contributed by atoms with Gasteiger partial charge in [0.1, 0.15) is 29.4 Å². The third-order valence-corrected chi connectivity index (χ3v) is 4.95. The maximum atomic E-state index is 13.1. The second-order valence-electron chi connectivity index (χ2n) is 6.28. The van der Waals surface area contributed by atoms with Crippen LogP contribution in [-0.4, -0.2) is 15.5 Å². The standard InChI is InChI=1S/C21H12ClFN2O2/c22-14-3-1-4-15-17(14)20(27-11-12-6-8-13(23)9-7-12)18-19(24-15)16-5-2-10-25(16)21(18)26/h1-10H,11H2. The summed E-state index contributed by atoms with van der Waals surface area (Å²) in [6.45, 7) is 0.180. The predicted molar refractivity (Wildman–Crippen MR) is 101 cm³/mol. The quantitative estimate of drug-likeness (QED) is 0.440. The zero-order chi connectivity index (χ0) is 18.5. The minimum absolute atomic E-state index is 0.180. The SMILES string of the molecule is O=C1c2c(nc3cccc(Cl)c3c2OCc2ccc(F)cc2)-c2cccn21. The minimum Gasteiger partial charge on any atom is -0.487 e. The molecule has 132 valence electrons. The second kappa shape index (κ2) is 5.93. The number of carbonyl (C=O) groups excluding carboxylic acids is 1. The van der Waals surface area contributed by atoms with Gasteiger partial charge in [0.2, 0.25) is 0 Å². The summed E-state index contributed by atoms with van der Waals surface area (Å²) < 4.78 is 20.8. The van der Waals surface area contributed by atoms with Gasteiger partial charge in [0.05, 0.1) is 21.6 Å². The average molecular weight is 379 g/mol. The van der Waals surface area contributed by atoms with Crippen molar-refractivity contribution in [2.24, 2.45) is 0 Å². The fourth-order valence-corrected chi connectivity index (χ4v) is 3.63. The number of benzene rings is 2. The van der Waals surface area contributed by atoms with E-state index in [2.05, 4.69) is 4.98 Å². The molecule has 0 spiro atoms. The molecule has 0 fully saturated rings. The highest BCUT2D eigenvalue weighted by atomic mass is 35.5. The van der Waals surface area contributed by atoms with E-state index < -0.39 is 0 Å². The van der Waals surface area contributed by atoms with Gasteiger partial charge in [-0.3, -0.25) is 9.36 Å². The number of pyridine rings is 1. The van der Waals surface area contributed by atoms with Crippen molar-refractivity contribution in [3.8, 4) is 17.1 Å². The van der Waals surface area contributed by atoms with E-state index >= 15 is 0 Å². The van der Waals surface area contributed by atoms with Crippen LogP contribution in [0, 0.1) is 5.82 Å². The molecule has 0 amide bonds. The Labute approximate surface area is 158 Å². The molecule has 6 heteroatoms. The van der Waals surface area contributed by atoms with Crippen molar-refractivity contribution in [1.29, 1.82) is 0 Å². The molecule has 1 aliphatic heterocycles. The van der Waals surface area contributed by atoms with Crippen LogP contribution in [0.4, 0.5) is 4.39 Å². The molecule has 2 aromatic carbocycles. The van der Waals surface area contributed by atoms with Gasteiger partial charge in [-0.25, -0.2) is 9.37 Å². The first-order chi connectivity index (χ1) is 13.1. The lowest BCUT2D eigenvalue weighted by atomic mass is 10.1. The minimum atomic E-state index is -0.313. The maximum Gasteiger partial charge on any atom is 0.268 e. The molecule has 2 aromatic heterocycles. The fourth-order valence-electron chi connectivity index (χ4n) is 3.38. The Morgan fingerprint density at radius 3 is 2.70 bits per heavy atom. The normalized spacial score (nSPS) is 12.3. The summed E-state index contributed by atoms with van der Waals surface area (Å²) in [5.41, 5.74) is 3.13. The average Bonchev–Trinajstić information content (AvgIpc) is 3.24. The van der Waals surface area contributed by atoms with E-state index in [4.69, 9.17) is 16.3 Å². The van der Waals surface area contributed by atoms with Gasteiger partial charge < -0.3 is 4.74 Å². The number of aromatic nitrogens is 2. The molecule has 0 atom stereocenters. The summed E-state index contributed by atoms with van der Waals surface area (Å²) in [5.74, 6) is -0.112. The highest BCUT2D eigenvalue weighted by Crippen LogP contribution is 2.43. The van der Waals surface area contributed by atoms with Crippen LogP contribution in [0.1, 0.15) is 15.9 Å². The predicted octanol–water partition coefficient (Wildman–Crippen LogP) is 5.08. The van der Waals surface area contributed by atoms with Crippen molar-refractivity contribution in [2.45, 2.75) is 6.61 Å². The summed E-state index contributed by atoms with van der Waals surface area (Å²) in [6, 6.07) is 15.1. The third-order valence-electron chi connectivity index (χ3n) is 4.64. The molecular weight excluding hydrogens is 367 g/mol. The van der Waals surface area contributed by atoms with Crippen LogP contribution in [0.3, 0.4) is 0 Å². The largest absolute Gasteiger partial charge is 0.487 e. The topological polar surface area (TPSA) is 44.1 Å². The van der Waals surface area contributed by atoms with Gasteiger partial charge >= 0.3 is 0 Å². The lowest BCUT2D eigenvalue weighted by molar-refractivity contribution is 0.0965. The fraction of sp³-hybridized carbons (Fsp3) is 0.0476. The Bertz CT molecular complexity index is 1220. The molecule has 4 nitrogen and oxygen atoms in total. The first kappa shape index (κ1) is 16.0. The van der Waals surface area contributed by atoms with Gasteiger partial charge in [-0.1, -0.05) is 29.8 Å². The Morgan fingerprint density at radius 1 is 1.07 bits per heavy atom. The van der Waals surface area contributed by atoms with Crippen LogP contribution in [0.2, 0.25) is 5.02 Å². The Balaban J connectivity index is 1.69. The van der Waals surface area contributed by atoms with Gasteiger partial charge in [-0.2, -0.15) is 0 Å². The molecule has 0 radical (unpaired) electrons. The van der Waals surface area contributed by atoms with Gasteiger partial charge in [0.25, 0.3) is 5.91 Å². The van der Waals surface area contributed by atoms with Crippen LogP contribution < -0.4 is 4.74 Å². The number of nitrogens with zero attached hydrogens (tertiary/aromatic N) is 2. The Kier molecular flexibility index (Phi) is 3.52. The van der Waals surface area contributed by atoms with Crippen LogP contribution in [-0.2, 0) is 6.61 Å². The highest BCUT2D eigenvalue weighted by Gasteiger charge is 2.33. The molecule has 0 unspecified atom stereocenters. The van der Waals surface area contributed by atoms with E-state index in [1.54, 1.807) is 35.0 Å². The van der Waals surface area contributed by atoms with Gasteiger partial charge in [0.15, 0.2) is 0 Å². The van der Waals surface area contributed by atoms with Crippen molar-refractivity contribution in [3.63, 3.8) is 0 Å². The number of carbonyl (C=O) groups is 1.